The molecule has 0 spiro atoms. The lowest BCUT2D eigenvalue weighted by molar-refractivity contribution is 0.0677. The molecule has 140 valence electrons. The van der Waals surface area contributed by atoms with Gasteiger partial charge in [0.15, 0.2) is 6.39 Å². The number of aromatic amines is 1. The molecule has 1 aliphatic rings. The zero-order chi connectivity index (χ0) is 18.8. The number of hydrogen-bond donors (Lipinski definition) is 1. The van der Waals surface area contributed by atoms with E-state index in [9.17, 15) is 9.59 Å². The quantitative estimate of drug-likeness (QED) is 0.760. The molecule has 0 bridgehead atoms. The third-order valence-electron chi connectivity index (χ3n) is 5.06. The number of carbonyl (C=O) groups is 1. The highest BCUT2D eigenvalue weighted by Crippen LogP contribution is 2.27. The first-order valence-electron chi connectivity index (χ1n) is 9.02. The first kappa shape index (κ1) is 17.3. The Labute approximate surface area is 155 Å². The first-order chi connectivity index (χ1) is 13.1. The van der Waals surface area contributed by atoms with E-state index in [1.807, 2.05) is 30.3 Å². The number of hydrogen-bond acceptors (Lipinski definition) is 5. The van der Waals surface area contributed by atoms with Crippen molar-refractivity contribution in [1.29, 1.82) is 0 Å². The first-order valence-corrected chi connectivity index (χ1v) is 9.02. The fourth-order valence-corrected chi connectivity index (χ4v) is 3.55. The molecule has 1 aromatic carbocycles. The lowest BCUT2D eigenvalue weighted by Crippen LogP contribution is -2.38. The van der Waals surface area contributed by atoms with Crippen LogP contribution in [0.1, 0.15) is 46.4 Å². The van der Waals surface area contributed by atoms with Crippen molar-refractivity contribution in [2.45, 2.75) is 32.2 Å². The van der Waals surface area contributed by atoms with Gasteiger partial charge >= 0.3 is 5.69 Å². The fraction of sp³-hybridized carbons (Fsp3) is 0.368. The number of piperidine rings is 1. The number of likely N-dealkylation sites (tertiary alicyclic amines) is 1. The number of aromatic nitrogens is 4. The summed E-state index contributed by atoms with van der Waals surface area (Å²) in [6.45, 7) is 3.43. The Morgan fingerprint density at radius 1 is 1.26 bits per heavy atom. The number of aryl methyl sites for hydroxylation is 1. The summed E-state index contributed by atoms with van der Waals surface area (Å²) in [5.41, 5.74) is 1.45. The predicted octanol–water partition coefficient (Wildman–Crippen LogP) is 1.94. The molecule has 3 heterocycles. The van der Waals surface area contributed by atoms with Crippen LogP contribution in [0.3, 0.4) is 0 Å². The highest BCUT2D eigenvalue weighted by molar-refractivity contribution is 5.92. The molecule has 2 aromatic heterocycles. The summed E-state index contributed by atoms with van der Waals surface area (Å²) in [7, 11) is 0. The van der Waals surface area contributed by atoms with Crippen LogP contribution in [0.25, 0.3) is 0 Å². The van der Waals surface area contributed by atoms with Gasteiger partial charge < -0.3 is 9.32 Å². The molecule has 0 unspecified atom stereocenters. The highest BCUT2D eigenvalue weighted by Gasteiger charge is 2.29. The van der Waals surface area contributed by atoms with E-state index in [-0.39, 0.29) is 17.5 Å². The monoisotopic (exact) mass is 367 g/mol. The Hall–Kier alpha value is -3.16. The summed E-state index contributed by atoms with van der Waals surface area (Å²) < 4.78 is 6.91. The topological polar surface area (TPSA) is 97.0 Å². The summed E-state index contributed by atoms with van der Waals surface area (Å²) in [5.74, 6) is 1.06. The summed E-state index contributed by atoms with van der Waals surface area (Å²) in [6, 6.07) is 9.84. The number of carbonyl (C=O) groups excluding carboxylic acids is 1. The average molecular weight is 367 g/mol. The second-order valence-corrected chi connectivity index (χ2v) is 6.79. The number of nitrogens with one attached hydrogen (secondary N) is 1. The molecule has 4 rings (SSSR count). The zero-order valence-corrected chi connectivity index (χ0v) is 15.1. The van der Waals surface area contributed by atoms with E-state index >= 15 is 0 Å². The van der Waals surface area contributed by atoms with Crippen molar-refractivity contribution in [3.8, 4) is 0 Å². The molecular weight excluding hydrogens is 346 g/mol. The Kier molecular flexibility index (Phi) is 4.62. The van der Waals surface area contributed by atoms with Gasteiger partial charge in [0, 0.05) is 19.0 Å². The van der Waals surface area contributed by atoms with Crippen molar-refractivity contribution in [2.24, 2.45) is 0 Å². The smallest absolute Gasteiger partial charge is 0.343 e. The Morgan fingerprint density at radius 2 is 2.00 bits per heavy atom. The standard InChI is InChI=1S/C19H21N5O3/c1-13-16(27-12-20-13)18(25)23-9-7-15(8-10-23)17-21-22-19(26)24(17)11-14-5-3-2-4-6-14/h2-6,12,15H,7-11H2,1H3,(H,22,26). The molecule has 1 fully saturated rings. The number of nitrogens with zero attached hydrogens (tertiary/aromatic N) is 4. The maximum atomic E-state index is 12.6. The summed E-state index contributed by atoms with van der Waals surface area (Å²) in [6.07, 6.45) is 2.79. The van der Waals surface area contributed by atoms with Gasteiger partial charge in [-0.05, 0) is 25.3 Å². The molecule has 0 saturated carbocycles. The molecule has 8 heteroatoms. The summed E-state index contributed by atoms with van der Waals surface area (Å²) in [4.78, 5) is 30.5. The van der Waals surface area contributed by atoms with Crippen molar-refractivity contribution in [2.75, 3.05) is 13.1 Å². The van der Waals surface area contributed by atoms with E-state index in [0.29, 0.717) is 31.1 Å². The van der Waals surface area contributed by atoms with Gasteiger partial charge in [-0.15, -0.1) is 0 Å². The van der Waals surface area contributed by atoms with Crippen molar-refractivity contribution in [3.05, 3.63) is 70.1 Å². The van der Waals surface area contributed by atoms with E-state index in [0.717, 1.165) is 24.2 Å². The Morgan fingerprint density at radius 3 is 2.67 bits per heavy atom. The number of rotatable bonds is 4. The molecular formula is C19H21N5O3. The van der Waals surface area contributed by atoms with E-state index in [1.54, 1.807) is 16.4 Å². The van der Waals surface area contributed by atoms with Crippen LogP contribution in [0.4, 0.5) is 0 Å². The van der Waals surface area contributed by atoms with E-state index in [1.165, 1.54) is 6.39 Å². The van der Waals surface area contributed by atoms with E-state index < -0.39 is 0 Å². The van der Waals surface area contributed by atoms with Crippen LogP contribution in [0.5, 0.6) is 0 Å². The van der Waals surface area contributed by atoms with Gasteiger partial charge in [-0.1, -0.05) is 30.3 Å². The highest BCUT2D eigenvalue weighted by atomic mass is 16.3. The molecule has 1 saturated heterocycles. The summed E-state index contributed by atoms with van der Waals surface area (Å²) in [5, 5.41) is 6.84. The second kappa shape index (κ2) is 7.22. The normalized spacial score (nSPS) is 15.2. The van der Waals surface area contributed by atoms with Crippen molar-refractivity contribution in [3.63, 3.8) is 0 Å². The maximum Gasteiger partial charge on any atom is 0.343 e. The molecule has 1 amide bonds. The van der Waals surface area contributed by atoms with Crippen molar-refractivity contribution in [1.82, 2.24) is 24.6 Å². The Bertz CT molecular complexity index is 980. The number of H-pyrrole nitrogens is 1. The molecule has 1 aliphatic heterocycles. The number of amides is 1. The van der Waals surface area contributed by atoms with Gasteiger partial charge in [-0.25, -0.2) is 14.9 Å². The fourth-order valence-electron chi connectivity index (χ4n) is 3.55. The van der Waals surface area contributed by atoms with Crippen LogP contribution in [0.2, 0.25) is 0 Å². The van der Waals surface area contributed by atoms with Crippen LogP contribution in [0, 0.1) is 6.92 Å². The van der Waals surface area contributed by atoms with Crippen molar-refractivity contribution < 1.29 is 9.21 Å². The zero-order valence-electron chi connectivity index (χ0n) is 15.1. The molecule has 0 radical (unpaired) electrons. The van der Waals surface area contributed by atoms with Crippen molar-refractivity contribution >= 4 is 5.91 Å². The molecule has 8 nitrogen and oxygen atoms in total. The second-order valence-electron chi connectivity index (χ2n) is 6.79. The average Bonchev–Trinajstić information content (AvgIpc) is 3.28. The molecule has 3 aromatic rings. The minimum Gasteiger partial charge on any atom is -0.438 e. The maximum absolute atomic E-state index is 12.6. The van der Waals surface area contributed by atoms with Gasteiger partial charge in [0.25, 0.3) is 5.91 Å². The van der Waals surface area contributed by atoms with Crippen LogP contribution in [-0.2, 0) is 6.54 Å². The van der Waals surface area contributed by atoms with Crippen LogP contribution in [-0.4, -0.2) is 43.6 Å². The number of oxazole rings is 1. The van der Waals surface area contributed by atoms with Gasteiger partial charge in [-0.2, -0.15) is 5.10 Å². The van der Waals surface area contributed by atoms with Gasteiger partial charge in [0.05, 0.1) is 12.2 Å². The molecule has 0 aliphatic carbocycles. The number of benzene rings is 1. The third-order valence-corrected chi connectivity index (χ3v) is 5.06. The summed E-state index contributed by atoms with van der Waals surface area (Å²) >= 11 is 0. The van der Waals surface area contributed by atoms with Crippen LogP contribution in [0.15, 0.2) is 45.9 Å². The SMILES string of the molecule is Cc1ncoc1C(=O)N1CCC(c2n[nH]c(=O)n2Cc2ccccc2)CC1. The van der Waals surface area contributed by atoms with Crippen LogP contribution >= 0.6 is 0 Å². The third kappa shape index (κ3) is 3.42. The molecule has 27 heavy (non-hydrogen) atoms. The lowest BCUT2D eigenvalue weighted by atomic mass is 9.95. The molecule has 1 N–H and O–H groups in total. The van der Waals surface area contributed by atoms with Gasteiger partial charge in [0.1, 0.15) is 5.82 Å². The predicted molar refractivity (Wildman–Crippen MR) is 97.5 cm³/mol. The van der Waals surface area contributed by atoms with Gasteiger partial charge in [0.2, 0.25) is 5.76 Å². The van der Waals surface area contributed by atoms with E-state index in [4.69, 9.17) is 4.42 Å². The largest absolute Gasteiger partial charge is 0.438 e. The minimum absolute atomic E-state index is 0.132. The van der Waals surface area contributed by atoms with E-state index in [2.05, 4.69) is 15.2 Å². The van der Waals surface area contributed by atoms with Crippen LogP contribution < -0.4 is 5.69 Å². The lowest BCUT2D eigenvalue weighted by Gasteiger charge is -2.31. The minimum atomic E-state index is -0.204. The molecule has 0 atom stereocenters. The van der Waals surface area contributed by atoms with Gasteiger partial charge in [-0.3, -0.25) is 9.36 Å². The Balaban J connectivity index is 1.47.